The first kappa shape index (κ1) is 15.4. The Kier molecular flexibility index (Phi) is 6.25. The van der Waals surface area contributed by atoms with Crippen molar-refractivity contribution in [1.29, 1.82) is 0 Å². The third kappa shape index (κ3) is 4.85. The van der Waals surface area contributed by atoms with Crippen LogP contribution in [0.5, 0.6) is 0 Å². The number of rotatable bonds is 4. The second-order valence-electron chi connectivity index (χ2n) is 3.55. The average Bonchev–Trinajstić information content (AvgIpc) is 3.01. The summed E-state index contributed by atoms with van der Waals surface area (Å²) in [6.45, 7) is 1.03. The lowest BCUT2D eigenvalue weighted by molar-refractivity contribution is 0.501. The van der Waals surface area contributed by atoms with E-state index in [0.29, 0.717) is 24.9 Å². The molecule has 0 aliphatic carbocycles. The molecular weight excluding hydrogens is 361 g/mol. The molecule has 8 nitrogen and oxygen atoms in total. The number of hydrogen-bond acceptors (Lipinski definition) is 5. The van der Waals surface area contributed by atoms with Crippen molar-refractivity contribution in [1.82, 2.24) is 30.8 Å². The number of hydrogen-bond donors (Lipinski definition) is 2. The molecule has 0 aliphatic rings. The molecule has 0 atom stereocenters. The molecule has 0 saturated carbocycles. The Bertz CT molecular complexity index is 508. The van der Waals surface area contributed by atoms with Crippen LogP contribution >= 0.6 is 24.0 Å². The maximum absolute atomic E-state index is 5.21. The Hall–Kier alpha value is -1.65. The molecule has 0 bridgehead atoms. The summed E-state index contributed by atoms with van der Waals surface area (Å²) in [7, 11) is 3.42. The zero-order valence-electron chi connectivity index (χ0n) is 10.7. The summed E-state index contributed by atoms with van der Waals surface area (Å²) in [4.78, 5) is 5.49. The van der Waals surface area contributed by atoms with Crippen LogP contribution in [0, 0.1) is 0 Å². The van der Waals surface area contributed by atoms with E-state index in [4.69, 9.17) is 4.42 Å². The molecule has 2 aromatic heterocycles. The Morgan fingerprint density at radius 2 is 2.21 bits per heavy atom. The zero-order chi connectivity index (χ0) is 12.8. The average molecular weight is 377 g/mol. The fourth-order valence-electron chi connectivity index (χ4n) is 1.36. The largest absolute Gasteiger partial charge is 0.467 e. The highest BCUT2D eigenvalue weighted by Crippen LogP contribution is 1.98. The van der Waals surface area contributed by atoms with E-state index in [9.17, 15) is 0 Å². The van der Waals surface area contributed by atoms with Crippen LogP contribution in [-0.2, 0) is 20.1 Å². The number of furan rings is 1. The van der Waals surface area contributed by atoms with Gasteiger partial charge in [0.15, 0.2) is 11.8 Å². The van der Waals surface area contributed by atoms with Crippen LogP contribution in [-0.4, -0.2) is 33.2 Å². The molecule has 0 aromatic carbocycles. The third-order valence-electron chi connectivity index (χ3n) is 2.20. The van der Waals surface area contributed by atoms with Gasteiger partial charge in [-0.15, -0.1) is 34.2 Å². The van der Waals surface area contributed by atoms with Crippen molar-refractivity contribution >= 4 is 29.9 Å². The minimum Gasteiger partial charge on any atom is -0.467 e. The van der Waals surface area contributed by atoms with E-state index in [1.807, 2.05) is 12.1 Å². The fraction of sp³-hybridized carbons (Fsp3) is 0.400. The van der Waals surface area contributed by atoms with Crippen LogP contribution < -0.4 is 10.6 Å². The molecule has 2 rings (SSSR count). The molecule has 2 heterocycles. The van der Waals surface area contributed by atoms with Crippen molar-refractivity contribution in [2.75, 3.05) is 7.05 Å². The zero-order valence-corrected chi connectivity index (χ0v) is 13.0. The van der Waals surface area contributed by atoms with E-state index < -0.39 is 0 Å². The van der Waals surface area contributed by atoms with Crippen molar-refractivity contribution < 1.29 is 4.42 Å². The smallest absolute Gasteiger partial charge is 0.193 e. The van der Waals surface area contributed by atoms with Crippen LogP contribution in [0.4, 0.5) is 0 Å². The predicted molar refractivity (Wildman–Crippen MR) is 80.0 cm³/mol. The number of aryl methyl sites for hydroxylation is 1. The second kappa shape index (κ2) is 7.71. The number of aromatic nitrogens is 4. The summed E-state index contributed by atoms with van der Waals surface area (Å²) in [6.07, 6.45) is 1.64. The molecule has 19 heavy (non-hydrogen) atoms. The number of guanidine groups is 1. The maximum Gasteiger partial charge on any atom is 0.193 e. The van der Waals surface area contributed by atoms with Gasteiger partial charge in [-0.05, 0) is 17.3 Å². The molecule has 0 fully saturated rings. The van der Waals surface area contributed by atoms with Gasteiger partial charge in [-0.3, -0.25) is 4.99 Å². The van der Waals surface area contributed by atoms with Gasteiger partial charge in [0.2, 0.25) is 0 Å². The van der Waals surface area contributed by atoms with Gasteiger partial charge in [-0.25, -0.2) is 0 Å². The van der Waals surface area contributed by atoms with Crippen molar-refractivity contribution in [3.8, 4) is 0 Å². The van der Waals surface area contributed by atoms with Crippen molar-refractivity contribution in [2.24, 2.45) is 12.0 Å². The number of nitrogens with one attached hydrogen (secondary N) is 2. The summed E-state index contributed by atoms with van der Waals surface area (Å²) >= 11 is 0. The van der Waals surface area contributed by atoms with Crippen LogP contribution in [0.2, 0.25) is 0 Å². The first-order valence-corrected chi connectivity index (χ1v) is 5.47. The predicted octanol–water partition coefficient (Wildman–Crippen LogP) is 0.286. The highest BCUT2D eigenvalue weighted by molar-refractivity contribution is 14.0. The first-order chi connectivity index (χ1) is 8.78. The van der Waals surface area contributed by atoms with Gasteiger partial charge in [0.1, 0.15) is 5.76 Å². The van der Waals surface area contributed by atoms with E-state index in [1.54, 1.807) is 20.4 Å². The Morgan fingerprint density at radius 3 is 2.79 bits per heavy atom. The van der Waals surface area contributed by atoms with Gasteiger partial charge < -0.3 is 15.1 Å². The molecule has 104 valence electrons. The van der Waals surface area contributed by atoms with E-state index in [-0.39, 0.29) is 24.0 Å². The molecule has 0 amide bonds. The van der Waals surface area contributed by atoms with Crippen LogP contribution in [0.3, 0.4) is 0 Å². The van der Waals surface area contributed by atoms with Gasteiger partial charge >= 0.3 is 0 Å². The highest BCUT2D eigenvalue weighted by atomic mass is 127. The molecular formula is C10H16IN7O. The Labute approximate surface area is 127 Å². The Morgan fingerprint density at radius 1 is 1.42 bits per heavy atom. The lowest BCUT2D eigenvalue weighted by Crippen LogP contribution is -2.36. The molecule has 0 aliphatic heterocycles. The summed E-state index contributed by atoms with van der Waals surface area (Å²) in [5, 5.41) is 17.9. The summed E-state index contributed by atoms with van der Waals surface area (Å²) < 4.78 is 5.21. The first-order valence-electron chi connectivity index (χ1n) is 5.47. The van der Waals surface area contributed by atoms with Crippen molar-refractivity contribution in [3.63, 3.8) is 0 Å². The SMILES string of the molecule is CN=C(NCc1nnn(C)n1)NCc1ccco1.I. The van der Waals surface area contributed by atoms with Crippen LogP contribution in [0.1, 0.15) is 11.6 Å². The third-order valence-corrected chi connectivity index (χ3v) is 2.20. The molecule has 0 saturated heterocycles. The van der Waals surface area contributed by atoms with Gasteiger partial charge in [0.05, 0.1) is 26.4 Å². The topological polar surface area (TPSA) is 93.2 Å². The summed E-state index contributed by atoms with van der Waals surface area (Å²) in [5.74, 6) is 2.10. The lowest BCUT2D eigenvalue weighted by atomic mass is 10.4. The second-order valence-corrected chi connectivity index (χ2v) is 3.55. The molecule has 2 aromatic rings. The number of aliphatic imine (C=N–C) groups is 1. The summed E-state index contributed by atoms with van der Waals surface area (Å²) in [5.41, 5.74) is 0. The van der Waals surface area contributed by atoms with Gasteiger partial charge in [0, 0.05) is 7.05 Å². The minimum atomic E-state index is 0. The number of nitrogens with zero attached hydrogens (tertiary/aromatic N) is 5. The van der Waals surface area contributed by atoms with Gasteiger partial charge in [-0.2, -0.15) is 4.80 Å². The lowest BCUT2D eigenvalue weighted by Gasteiger charge is -2.08. The van der Waals surface area contributed by atoms with Crippen LogP contribution in [0.25, 0.3) is 0 Å². The fourth-order valence-corrected chi connectivity index (χ4v) is 1.36. The quantitative estimate of drug-likeness (QED) is 0.452. The normalized spacial score (nSPS) is 10.9. The van der Waals surface area contributed by atoms with Crippen LogP contribution in [0.15, 0.2) is 27.8 Å². The number of tetrazole rings is 1. The molecule has 2 N–H and O–H groups in total. The highest BCUT2D eigenvalue weighted by Gasteiger charge is 2.03. The van der Waals surface area contributed by atoms with Gasteiger partial charge in [-0.1, -0.05) is 0 Å². The minimum absolute atomic E-state index is 0. The van der Waals surface area contributed by atoms with E-state index >= 15 is 0 Å². The van der Waals surface area contributed by atoms with Crippen molar-refractivity contribution in [2.45, 2.75) is 13.1 Å². The molecule has 9 heteroatoms. The maximum atomic E-state index is 5.21. The van der Waals surface area contributed by atoms with E-state index in [2.05, 4.69) is 31.0 Å². The molecule has 0 spiro atoms. The van der Waals surface area contributed by atoms with E-state index in [1.165, 1.54) is 4.80 Å². The standard InChI is InChI=1S/C10H15N7O.HI/c1-11-10(12-6-8-4-3-5-18-8)13-7-9-14-16-17(2)15-9;/h3-5H,6-7H2,1-2H3,(H2,11,12,13);1H. The van der Waals surface area contributed by atoms with E-state index in [0.717, 1.165) is 5.76 Å². The monoisotopic (exact) mass is 377 g/mol. The molecule has 0 unspecified atom stereocenters. The summed E-state index contributed by atoms with van der Waals surface area (Å²) in [6, 6.07) is 3.74. The Balaban J connectivity index is 0.00000180. The van der Waals surface area contributed by atoms with Crippen molar-refractivity contribution in [3.05, 3.63) is 30.0 Å². The van der Waals surface area contributed by atoms with Gasteiger partial charge in [0.25, 0.3) is 0 Å². The molecule has 0 radical (unpaired) electrons. The number of halogens is 1.